The average molecular weight is 503 g/mol. The normalized spacial score (nSPS) is 12.1. The van der Waals surface area contributed by atoms with E-state index in [0.717, 1.165) is 22.5 Å². The van der Waals surface area contributed by atoms with Crippen molar-refractivity contribution in [2.24, 2.45) is 5.92 Å². The number of carbonyl (C=O) groups is 1. The molecule has 0 radical (unpaired) electrons. The van der Waals surface area contributed by atoms with Crippen LogP contribution in [0.25, 0.3) is 5.57 Å². The summed E-state index contributed by atoms with van der Waals surface area (Å²) in [5.74, 6) is -1.95. The number of nitro groups is 1. The van der Waals surface area contributed by atoms with Gasteiger partial charge in [0.15, 0.2) is 5.78 Å². The Balaban J connectivity index is 2.76. The van der Waals surface area contributed by atoms with E-state index in [1.54, 1.807) is 34.6 Å². The number of allylic oxidation sites excluding steroid dienone is 2. The Morgan fingerprint density at radius 3 is 2.26 bits per heavy atom. The molecular weight excluding hydrogens is 479 g/mol. The lowest BCUT2D eigenvalue weighted by atomic mass is 9.90. The molecule has 34 heavy (non-hydrogen) atoms. The Kier molecular flexibility index (Phi) is 7.60. The third-order valence-electron chi connectivity index (χ3n) is 5.06. The topological polar surface area (TPSA) is 121 Å². The molecule has 1 aromatic carbocycles. The highest BCUT2D eigenvalue weighted by atomic mass is 32.2. The van der Waals surface area contributed by atoms with Gasteiger partial charge in [0, 0.05) is 18.2 Å². The first-order chi connectivity index (χ1) is 15.5. The molecule has 2 rings (SSSR count). The van der Waals surface area contributed by atoms with Gasteiger partial charge in [-0.3, -0.25) is 14.9 Å². The predicted octanol–water partition coefficient (Wildman–Crippen LogP) is 5.03. The maximum atomic E-state index is 13.4. The van der Waals surface area contributed by atoms with Gasteiger partial charge in [-0.05, 0) is 50.8 Å². The molecule has 9 nitrogen and oxygen atoms in total. The van der Waals surface area contributed by atoms with Crippen molar-refractivity contribution < 1.29 is 35.5 Å². The van der Waals surface area contributed by atoms with Crippen LogP contribution in [0.2, 0.25) is 0 Å². The minimum atomic E-state index is -6.09. The van der Waals surface area contributed by atoms with Crippen LogP contribution in [0.5, 0.6) is 5.88 Å². The van der Waals surface area contributed by atoms with Crippen LogP contribution in [-0.4, -0.2) is 34.4 Å². The van der Waals surface area contributed by atoms with Crippen LogP contribution >= 0.6 is 0 Å². The molecule has 0 aliphatic rings. The van der Waals surface area contributed by atoms with Crippen LogP contribution < -0.4 is 4.18 Å². The maximum Gasteiger partial charge on any atom is 0.534 e. The van der Waals surface area contributed by atoms with Gasteiger partial charge < -0.3 is 4.18 Å². The lowest BCUT2D eigenvalue weighted by molar-refractivity contribution is -0.385. The first kappa shape index (κ1) is 27.0. The average Bonchev–Trinajstić information content (AvgIpc) is 3.06. The number of aromatic nitrogens is 2. The summed E-state index contributed by atoms with van der Waals surface area (Å²) in [4.78, 5) is 24.3. The number of ketones is 1. The zero-order valence-corrected chi connectivity index (χ0v) is 20.2. The standard InChI is InChI=1S/C21H24F3N3O6S/c1-11(2)10-26-20(33-34(31,32)21(22,23)24)16(9-25-26)19(28)15-7-8-17(27(29)30)18(14(15)6)13(5)12(3)4/h7-9,11H,10H2,1-6H3. The molecular formula is C21H24F3N3O6S. The first-order valence-corrected chi connectivity index (χ1v) is 11.4. The van der Waals surface area contributed by atoms with Crippen molar-refractivity contribution in [3.8, 4) is 5.88 Å². The summed E-state index contributed by atoms with van der Waals surface area (Å²) in [6.45, 7) is 9.96. The first-order valence-electron chi connectivity index (χ1n) is 10.0. The molecule has 186 valence electrons. The molecule has 0 aliphatic carbocycles. The van der Waals surface area contributed by atoms with Crippen LogP contribution in [0, 0.1) is 23.0 Å². The van der Waals surface area contributed by atoms with Gasteiger partial charge in [-0.2, -0.15) is 26.7 Å². The zero-order chi connectivity index (χ0) is 26.2. The predicted molar refractivity (Wildman–Crippen MR) is 118 cm³/mol. The molecule has 0 fully saturated rings. The molecule has 0 atom stereocenters. The van der Waals surface area contributed by atoms with Crippen molar-refractivity contribution in [2.45, 2.75) is 53.6 Å². The minimum Gasteiger partial charge on any atom is -0.355 e. The van der Waals surface area contributed by atoms with E-state index >= 15 is 0 Å². The van der Waals surface area contributed by atoms with E-state index in [-0.39, 0.29) is 34.8 Å². The fourth-order valence-corrected chi connectivity index (χ4v) is 3.69. The Morgan fingerprint density at radius 1 is 1.21 bits per heavy atom. The molecule has 0 aliphatic heterocycles. The SMILES string of the molecule is CC(C)=C(C)c1c([N+](=O)[O-])ccc(C(=O)c2cnn(CC(C)C)c2OS(=O)(=O)C(F)(F)F)c1C. The third kappa shape index (κ3) is 5.29. The summed E-state index contributed by atoms with van der Waals surface area (Å²) in [6.07, 6.45) is 0.917. The lowest BCUT2D eigenvalue weighted by Gasteiger charge is -2.15. The monoisotopic (exact) mass is 503 g/mol. The number of nitrogens with zero attached hydrogens (tertiary/aromatic N) is 3. The summed E-state index contributed by atoms with van der Waals surface area (Å²) in [5.41, 5.74) is -4.87. The Morgan fingerprint density at radius 2 is 1.79 bits per heavy atom. The maximum absolute atomic E-state index is 13.4. The number of nitro benzene ring substituents is 1. The summed E-state index contributed by atoms with van der Waals surface area (Å²) in [7, 11) is -6.09. The molecule has 0 spiro atoms. The van der Waals surface area contributed by atoms with Crippen molar-refractivity contribution in [2.75, 3.05) is 0 Å². The molecule has 0 unspecified atom stereocenters. The van der Waals surface area contributed by atoms with Gasteiger partial charge in [0.1, 0.15) is 5.56 Å². The van der Waals surface area contributed by atoms with Gasteiger partial charge >= 0.3 is 15.6 Å². The quantitative estimate of drug-likeness (QED) is 0.163. The third-order valence-corrected chi connectivity index (χ3v) is 6.00. The van der Waals surface area contributed by atoms with Gasteiger partial charge in [0.25, 0.3) is 5.69 Å². The zero-order valence-electron chi connectivity index (χ0n) is 19.3. The van der Waals surface area contributed by atoms with Crippen molar-refractivity contribution in [3.63, 3.8) is 0 Å². The highest BCUT2D eigenvalue weighted by molar-refractivity contribution is 7.88. The molecule has 13 heteroatoms. The Hall–Kier alpha value is -3.22. The van der Waals surface area contributed by atoms with E-state index < -0.39 is 37.8 Å². The Bertz CT molecular complexity index is 1270. The van der Waals surface area contributed by atoms with E-state index in [9.17, 15) is 36.5 Å². The number of halogens is 3. The number of hydrogen-bond acceptors (Lipinski definition) is 7. The van der Waals surface area contributed by atoms with Crippen LogP contribution in [0.15, 0.2) is 23.9 Å². The summed E-state index contributed by atoms with van der Waals surface area (Å²) in [6, 6.07) is 2.28. The summed E-state index contributed by atoms with van der Waals surface area (Å²) >= 11 is 0. The number of carbonyl (C=O) groups excluding carboxylic acids is 1. The van der Waals surface area contributed by atoms with Crippen molar-refractivity contribution >= 4 is 27.2 Å². The molecule has 0 N–H and O–H groups in total. The second-order valence-corrected chi connectivity index (χ2v) is 9.80. The largest absolute Gasteiger partial charge is 0.534 e. The molecule has 1 aromatic heterocycles. The van der Waals surface area contributed by atoms with Gasteiger partial charge in [-0.15, -0.1) is 0 Å². The van der Waals surface area contributed by atoms with Gasteiger partial charge in [0.05, 0.1) is 16.7 Å². The molecule has 0 bridgehead atoms. The molecule has 0 saturated carbocycles. The van der Waals surface area contributed by atoms with Crippen LogP contribution in [0.4, 0.5) is 18.9 Å². The van der Waals surface area contributed by atoms with Gasteiger partial charge in [-0.25, -0.2) is 4.68 Å². The minimum absolute atomic E-state index is 0.0304. The van der Waals surface area contributed by atoms with E-state index in [2.05, 4.69) is 9.28 Å². The molecule has 0 saturated heterocycles. The second kappa shape index (κ2) is 9.57. The summed E-state index contributed by atoms with van der Waals surface area (Å²) < 4.78 is 67.5. The number of alkyl halides is 3. The van der Waals surface area contributed by atoms with E-state index in [0.29, 0.717) is 5.57 Å². The van der Waals surface area contributed by atoms with Gasteiger partial charge in [0.2, 0.25) is 5.88 Å². The van der Waals surface area contributed by atoms with E-state index in [1.807, 2.05) is 0 Å². The highest BCUT2D eigenvalue weighted by Crippen LogP contribution is 2.36. The van der Waals surface area contributed by atoms with Crippen LogP contribution in [0.3, 0.4) is 0 Å². The molecule has 1 heterocycles. The molecule has 0 amide bonds. The van der Waals surface area contributed by atoms with E-state index in [4.69, 9.17) is 0 Å². The number of benzene rings is 1. The summed E-state index contributed by atoms with van der Waals surface area (Å²) in [5, 5.41) is 15.4. The smallest absolute Gasteiger partial charge is 0.355 e. The fraction of sp³-hybridized carbons (Fsp3) is 0.429. The Labute approximate surface area is 194 Å². The van der Waals surface area contributed by atoms with Crippen molar-refractivity contribution in [3.05, 3.63) is 56.3 Å². The van der Waals surface area contributed by atoms with Crippen LogP contribution in [0.1, 0.15) is 61.7 Å². The number of rotatable bonds is 8. The van der Waals surface area contributed by atoms with Gasteiger partial charge in [-0.1, -0.05) is 19.4 Å². The van der Waals surface area contributed by atoms with Crippen molar-refractivity contribution in [1.29, 1.82) is 0 Å². The molecule has 2 aromatic rings. The van der Waals surface area contributed by atoms with E-state index in [1.165, 1.54) is 13.0 Å². The lowest BCUT2D eigenvalue weighted by Crippen LogP contribution is -2.29. The van der Waals surface area contributed by atoms with Crippen LogP contribution in [-0.2, 0) is 16.7 Å². The second-order valence-electron chi connectivity index (χ2n) is 8.27. The number of hydrogen-bond donors (Lipinski definition) is 0. The fourth-order valence-electron chi connectivity index (χ4n) is 3.21. The van der Waals surface area contributed by atoms with Crippen molar-refractivity contribution in [1.82, 2.24) is 9.78 Å². The highest BCUT2D eigenvalue weighted by Gasteiger charge is 2.49.